The minimum Gasteiger partial charge on any atom is -0.435 e. The van der Waals surface area contributed by atoms with E-state index in [2.05, 4.69) is 10.1 Å². The van der Waals surface area contributed by atoms with E-state index in [1.807, 2.05) is 0 Å². The number of carbonyl (C=O) groups is 1. The normalized spacial score (nSPS) is 20.0. The number of aliphatic hydroxyl groups excluding tert-OH is 1. The number of β-amino-alcohol motifs (C(OH)–C–C–N with tert-alkyl or cyclic N) is 1. The molecule has 2 unspecified atom stereocenters. The molecule has 1 aliphatic heterocycles. The molecule has 2 aromatic carbocycles. The summed E-state index contributed by atoms with van der Waals surface area (Å²) in [5, 5.41) is 12.4. The lowest BCUT2D eigenvalue weighted by Crippen LogP contribution is -2.43. The molecule has 3 rings (SSSR count). The number of benzene rings is 2. The van der Waals surface area contributed by atoms with Gasteiger partial charge in [0.2, 0.25) is 15.9 Å². The van der Waals surface area contributed by atoms with E-state index in [9.17, 15) is 31.5 Å². The van der Waals surface area contributed by atoms with Gasteiger partial charge >= 0.3 is 6.61 Å². The lowest BCUT2D eigenvalue weighted by molar-refractivity contribution is -0.119. The highest BCUT2D eigenvalue weighted by molar-refractivity contribution is 7.89. The van der Waals surface area contributed by atoms with Crippen LogP contribution in [0, 0.1) is 5.82 Å². The molecule has 0 spiro atoms. The number of amides is 1. The Hall–Kier alpha value is -2.63. The van der Waals surface area contributed by atoms with Crippen molar-refractivity contribution in [1.29, 1.82) is 0 Å². The molecule has 0 aromatic heterocycles. The molecule has 0 saturated carbocycles. The molecule has 156 valence electrons. The van der Waals surface area contributed by atoms with Crippen LogP contribution in [0.25, 0.3) is 0 Å². The predicted octanol–water partition coefficient (Wildman–Crippen LogP) is 2.19. The number of anilines is 1. The van der Waals surface area contributed by atoms with Crippen LogP contribution in [0.15, 0.2) is 53.4 Å². The highest BCUT2D eigenvalue weighted by atomic mass is 32.2. The predicted molar refractivity (Wildman–Crippen MR) is 96.4 cm³/mol. The molecule has 11 heteroatoms. The second-order valence-electron chi connectivity index (χ2n) is 6.33. The zero-order chi connectivity index (χ0) is 21.2. The van der Waals surface area contributed by atoms with Crippen LogP contribution in [0.4, 0.5) is 18.9 Å². The number of sulfonamides is 1. The van der Waals surface area contributed by atoms with E-state index in [-0.39, 0.29) is 29.3 Å². The average Bonchev–Trinajstić information content (AvgIpc) is 3.06. The Bertz CT molecular complexity index is 968. The number of alkyl halides is 2. The van der Waals surface area contributed by atoms with Gasteiger partial charge in [0.1, 0.15) is 17.6 Å². The fraction of sp³-hybridized carbons (Fsp3) is 0.278. The van der Waals surface area contributed by atoms with Crippen LogP contribution < -0.4 is 10.1 Å². The number of carbonyl (C=O) groups excluding carboxylic acids is 1. The van der Waals surface area contributed by atoms with Gasteiger partial charge in [-0.3, -0.25) is 4.79 Å². The lowest BCUT2D eigenvalue weighted by Gasteiger charge is -2.23. The van der Waals surface area contributed by atoms with Gasteiger partial charge in [0.15, 0.2) is 0 Å². The van der Waals surface area contributed by atoms with E-state index in [1.165, 1.54) is 24.3 Å². The summed E-state index contributed by atoms with van der Waals surface area (Å²) < 4.78 is 68.2. The number of hydrogen-bond acceptors (Lipinski definition) is 5. The molecule has 2 atom stereocenters. The summed E-state index contributed by atoms with van der Waals surface area (Å²) in [7, 11) is -4.15. The van der Waals surface area contributed by atoms with Gasteiger partial charge in [0, 0.05) is 18.7 Å². The fourth-order valence-corrected chi connectivity index (χ4v) is 4.61. The summed E-state index contributed by atoms with van der Waals surface area (Å²) in [5.74, 6) is -1.41. The van der Waals surface area contributed by atoms with Gasteiger partial charge in [-0.2, -0.15) is 13.1 Å². The van der Waals surface area contributed by atoms with Crippen LogP contribution in [0.2, 0.25) is 0 Å². The third-order valence-electron chi connectivity index (χ3n) is 4.30. The molecule has 0 bridgehead atoms. The molecule has 1 amide bonds. The van der Waals surface area contributed by atoms with Gasteiger partial charge in [0.25, 0.3) is 0 Å². The molecule has 1 saturated heterocycles. The maximum atomic E-state index is 13.1. The van der Waals surface area contributed by atoms with E-state index >= 15 is 0 Å². The number of aliphatic hydroxyl groups is 1. The molecule has 1 aliphatic rings. The number of halogens is 3. The van der Waals surface area contributed by atoms with Gasteiger partial charge in [-0.25, -0.2) is 12.8 Å². The highest BCUT2D eigenvalue weighted by Crippen LogP contribution is 2.28. The zero-order valence-electron chi connectivity index (χ0n) is 14.8. The first-order valence-corrected chi connectivity index (χ1v) is 9.92. The van der Waals surface area contributed by atoms with Crippen LogP contribution in [0.1, 0.15) is 6.42 Å². The van der Waals surface area contributed by atoms with Gasteiger partial charge in [-0.1, -0.05) is 0 Å². The molecule has 29 heavy (non-hydrogen) atoms. The van der Waals surface area contributed by atoms with E-state index in [4.69, 9.17) is 0 Å². The molecule has 7 nitrogen and oxygen atoms in total. The standard InChI is InChI=1S/C18H17F3N2O5S/c19-11-1-7-15(8-2-11)29(26,27)23-10-13(24)9-16(23)17(25)22-12-3-5-14(6-4-12)28-18(20)21/h1-8,13,16,18,24H,9-10H2,(H,22,25). The number of hydrogen-bond donors (Lipinski definition) is 2. The summed E-state index contributed by atoms with van der Waals surface area (Å²) >= 11 is 0. The Balaban J connectivity index is 1.77. The molecule has 0 radical (unpaired) electrons. The smallest absolute Gasteiger partial charge is 0.387 e. The number of nitrogens with one attached hydrogen (secondary N) is 1. The maximum Gasteiger partial charge on any atom is 0.387 e. The molecule has 1 fully saturated rings. The van der Waals surface area contributed by atoms with Crippen LogP contribution >= 0.6 is 0 Å². The Morgan fingerprint density at radius 1 is 1.14 bits per heavy atom. The van der Waals surface area contributed by atoms with Crippen molar-refractivity contribution >= 4 is 21.6 Å². The van der Waals surface area contributed by atoms with Gasteiger partial charge in [0.05, 0.1) is 11.0 Å². The second-order valence-corrected chi connectivity index (χ2v) is 8.22. The molecule has 1 heterocycles. The van der Waals surface area contributed by atoms with Gasteiger partial charge in [-0.15, -0.1) is 0 Å². The highest BCUT2D eigenvalue weighted by Gasteiger charge is 2.43. The van der Waals surface area contributed by atoms with Crippen molar-refractivity contribution in [1.82, 2.24) is 4.31 Å². The third-order valence-corrected chi connectivity index (χ3v) is 6.19. The van der Waals surface area contributed by atoms with Gasteiger partial charge in [-0.05, 0) is 48.5 Å². The topological polar surface area (TPSA) is 95.9 Å². The summed E-state index contributed by atoms with van der Waals surface area (Å²) in [6.45, 7) is -3.28. The van der Waals surface area contributed by atoms with Crippen molar-refractivity contribution in [2.24, 2.45) is 0 Å². The van der Waals surface area contributed by atoms with Crippen molar-refractivity contribution < 1.29 is 36.2 Å². The minimum absolute atomic E-state index is 0.102. The Kier molecular flexibility index (Phi) is 6.10. The van der Waals surface area contributed by atoms with Crippen LogP contribution in [-0.4, -0.2) is 49.0 Å². The van der Waals surface area contributed by atoms with E-state index in [1.54, 1.807) is 0 Å². The minimum atomic E-state index is -4.15. The SMILES string of the molecule is O=C(Nc1ccc(OC(F)F)cc1)C1CC(O)CN1S(=O)(=O)c1ccc(F)cc1. The van der Waals surface area contributed by atoms with Crippen molar-refractivity contribution in [3.8, 4) is 5.75 Å². The Morgan fingerprint density at radius 3 is 2.34 bits per heavy atom. The van der Waals surface area contributed by atoms with Crippen LogP contribution in [0.3, 0.4) is 0 Å². The Labute approximate surface area is 164 Å². The second kappa shape index (κ2) is 8.39. The average molecular weight is 430 g/mol. The van der Waals surface area contributed by atoms with Crippen LogP contribution in [0.5, 0.6) is 5.75 Å². The van der Waals surface area contributed by atoms with Crippen LogP contribution in [-0.2, 0) is 14.8 Å². The maximum absolute atomic E-state index is 13.1. The quantitative estimate of drug-likeness (QED) is 0.733. The van der Waals surface area contributed by atoms with Crippen molar-refractivity contribution in [3.05, 3.63) is 54.3 Å². The first-order valence-electron chi connectivity index (χ1n) is 8.48. The first-order chi connectivity index (χ1) is 13.7. The summed E-state index contributed by atoms with van der Waals surface area (Å²) in [4.78, 5) is 12.4. The molecule has 2 N–H and O–H groups in total. The summed E-state index contributed by atoms with van der Waals surface area (Å²) in [6.07, 6.45) is -1.18. The van der Waals surface area contributed by atoms with E-state index in [0.29, 0.717) is 0 Å². The monoisotopic (exact) mass is 430 g/mol. The van der Waals surface area contributed by atoms with E-state index in [0.717, 1.165) is 28.6 Å². The summed E-state index contributed by atoms with van der Waals surface area (Å²) in [6, 6.07) is 8.00. The fourth-order valence-electron chi connectivity index (χ4n) is 2.98. The molecule has 2 aromatic rings. The van der Waals surface area contributed by atoms with Crippen molar-refractivity contribution in [3.63, 3.8) is 0 Å². The lowest BCUT2D eigenvalue weighted by atomic mass is 10.2. The summed E-state index contributed by atoms with van der Waals surface area (Å²) in [5.41, 5.74) is 0.233. The zero-order valence-corrected chi connectivity index (χ0v) is 15.7. The first kappa shape index (κ1) is 21.1. The number of rotatable bonds is 6. The molecular weight excluding hydrogens is 413 g/mol. The van der Waals surface area contributed by atoms with Crippen molar-refractivity contribution in [2.45, 2.75) is 30.1 Å². The van der Waals surface area contributed by atoms with Gasteiger partial charge < -0.3 is 15.2 Å². The molecule has 0 aliphatic carbocycles. The number of nitrogens with zero attached hydrogens (tertiary/aromatic N) is 1. The Morgan fingerprint density at radius 2 is 1.76 bits per heavy atom. The largest absolute Gasteiger partial charge is 0.435 e. The third kappa shape index (κ3) is 4.86. The van der Waals surface area contributed by atoms with Crippen molar-refractivity contribution in [2.75, 3.05) is 11.9 Å². The van der Waals surface area contributed by atoms with E-state index < -0.39 is 40.5 Å². The molecular formula is C18H17F3N2O5S. The number of ether oxygens (including phenoxy) is 1.